The Bertz CT molecular complexity index is 1140. The molecule has 0 unspecified atom stereocenters. The molecule has 0 spiro atoms. The van der Waals surface area contributed by atoms with Gasteiger partial charge in [0.2, 0.25) is 5.91 Å². The number of amides is 1. The van der Waals surface area contributed by atoms with Crippen LogP contribution < -0.4 is 10.1 Å². The van der Waals surface area contributed by atoms with Crippen molar-refractivity contribution < 1.29 is 28.4 Å². The van der Waals surface area contributed by atoms with Crippen LogP contribution in [0.3, 0.4) is 0 Å². The molecule has 0 aliphatic rings. The van der Waals surface area contributed by atoms with Gasteiger partial charge in [0, 0.05) is 17.7 Å². The number of rotatable bonds is 11. The van der Waals surface area contributed by atoms with Crippen molar-refractivity contribution >= 4 is 23.3 Å². The van der Waals surface area contributed by atoms with Gasteiger partial charge < -0.3 is 19.3 Å². The summed E-state index contributed by atoms with van der Waals surface area (Å²) in [6.07, 6.45) is 0.465. The lowest BCUT2D eigenvalue weighted by atomic mass is 10.1. The number of esters is 1. The van der Waals surface area contributed by atoms with Gasteiger partial charge in [0.1, 0.15) is 18.1 Å². The van der Waals surface area contributed by atoms with Gasteiger partial charge in [-0.2, -0.15) is 0 Å². The minimum absolute atomic E-state index is 0.0399. The van der Waals surface area contributed by atoms with Gasteiger partial charge in [-0.1, -0.05) is 31.1 Å². The Hall–Kier alpha value is -3.94. The summed E-state index contributed by atoms with van der Waals surface area (Å²) in [6.45, 7) is 7.62. The largest absolute Gasteiger partial charge is 0.489 e. The van der Waals surface area contributed by atoms with Gasteiger partial charge in [0.25, 0.3) is 0 Å². The van der Waals surface area contributed by atoms with Gasteiger partial charge in [-0.15, -0.1) is 0 Å². The van der Waals surface area contributed by atoms with E-state index in [-0.39, 0.29) is 30.6 Å². The molecule has 0 saturated heterocycles. The van der Waals surface area contributed by atoms with Crippen LogP contribution in [0.15, 0.2) is 53.1 Å². The van der Waals surface area contributed by atoms with Crippen molar-refractivity contribution in [2.75, 3.05) is 11.9 Å². The molecule has 0 radical (unpaired) electrons. The maximum absolute atomic E-state index is 12.4. The number of aryl methyl sites for hydroxylation is 2. The van der Waals surface area contributed by atoms with Crippen molar-refractivity contribution in [1.29, 1.82) is 0 Å². The average Bonchev–Trinajstić information content (AvgIpc) is 3.14. The average molecular weight is 479 g/mol. The number of Topliss-reactive ketones (excluding diaryl/α,β-unsaturated/α-hetero) is 1. The predicted molar refractivity (Wildman–Crippen MR) is 130 cm³/mol. The standard InChI is InChI=1S/C27H30N2O6/c1-17(2)13-26(31)28-22-9-7-21(8-10-22)25(30)16-34-27(32)14-20-5-11-23(12-6-20)33-15-24-18(3)29-35-19(24)4/h5-12,17H,13-16H2,1-4H3,(H,28,31). The number of nitrogens with one attached hydrogen (secondary N) is 1. The minimum atomic E-state index is -0.500. The van der Waals surface area contributed by atoms with E-state index in [1.54, 1.807) is 48.5 Å². The molecule has 0 saturated carbocycles. The molecule has 0 aliphatic heterocycles. The Labute approximate surface area is 204 Å². The number of nitrogens with zero attached hydrogens (tertiary/aromatic N) is 1. The lowest BCUT2D eigenvalue weighted by molar-refractivity contribution is -0.141. The molecule has 2 aromatic carbocycles. The summed E-state index contributed by atoms with van der Waals surface area (Å²) in [4.78, 5) is 36.4. The van der Waals surface area contributed by atoms with E-state index in [9.17, 15) is 14.4 Å². The first-order chi connectivity index (χ1) is 16.7. The number of hydrogen-bond donors (Lipinski definition) is 1. The molecule has 8 nitrogen and oxygen atoms in total. The highest BCUT2D eigenvalue weighted by atomic mass is 16.5. The van der Waals surface area contributed by atoms with Crippen LogP contribution in [-0.2, 0) is 27.4 Å². The van der Waals surface area contributed by atoms with E-state index >= 15 is 0 Å². The summed E-state index contributed by atoms with van der Waals surface area (Å²) in [7, 11) is 0. The highest BCUT2D eigenvalue weighted by Gasteiger charge is 2.13. The van der Waals surface area contributed by atoms with Crippen LogP contribution in [0.4, 0.5) is 5.69 Å². The van der Waals surface area contributed by atoms with Crippen molar-refractivity contribution in [2.45, 2.75) is 47.1 Å². The van der Waals surface area contributed by atoms with E-state index in [1.165, 1.54) is 0 Å². The van der Waals surface area contributed by atoms with Crippen LogP contribution in [0.25, 0.3) is 0 Å². The van der Waals surface area contributed by atoms with Gasteiger partial charge >= 0.3 is 5.97 Å². The van der Waals surface area contributed by atoms with Gasteiger partial charge in [-0.25, -0.2) is 0 Å². The normalized spacial score (nSPS) is 10.8. The first-order valence-corrected chi connectivity index (χ1v) is 11.4. The van der Waals surface area contributed by atoms with E-state index in [0.717, 1.165) is 22.6 Å². The molecule has 1 amide bonds. The van der Waals surface area contributed by atoms with Crippen LogP contribution >= 0.6 is 0 Å². The fraction of sp³-hybridized carbons (Fsp3) is 0.333. The number of hydrogen-bond acceptors (Lipinski definition) is 7. The maximum Gasteiger partial charge on any atom is 0.310 e. The van der Waals surface area contributed by atoms with Crippen molar-refractivity contribution in [3.8, 4) is 5.75 Å². The zero-order chi connectivity index (χ0) is 25.4. The lowest BCUT2D eigenvalue weighted by Gasteiger charge is -2.09. The molecule has 0 bridgehead atoms. The topological polar surface area (TPSA) is 108 Å². The quantitative estimate of drug-likeness (QED) is 0.311. The van der Waals surface area contributed by atoms with Crippen LogP contribution in [-0.4, -0.2) is 29.4 Å². The third-order valence-electron chi connectivity index (χ3n) is 5.28. The SMILES string of the molecule is Cc1noc(C)c1COc1ccc(CC(=O)OCC(=O)c2ccc(NC(=O)CC(C)C)cc2)cc1. The highest BCUT2D eigenvalue weighted by molar-refractivity contribution is 5.99. The molecule has 184 valence electrons. The smallest absolute Gasteiger partial charge is 0.310 e. The number of carbonyl (C=O) groups is 3. The van der Waals surface area contributed by atoms with Crippen LogP contribution in [0.1, 0.15) is 53.2 Å². The number of ether oxygens (including phenoxy) is 2. The van der Waals surface area contributed by atoms with E-state index < -0.39 is 5.97 Å². The summed E-state index contributed by atoms with van der Waals surface area (Å²) < 4.78 is 16.0. The van der Waals surface area contributed by atoms with E-state index in [2.05, 4.69) is 10.5 Å². The van der Waals surface area contributed by atoms with Crippen molar-refractivity contribution in [2.24, 2.45) is 5.92 Å². The Morgan fingerprint density at radius 3 is 2.29 bits per heavy atom. The van der Waals surface area contributed by atoms with E-state index in [0.29, 0.717) is 30.0 Å². The molecule has 0 aliphatic carbocycles. The molecule has 0 fully saturated rings. The molecule has 8 heteroatoms. The summed E-state index contributed by atoms with van der Waals surface area (Å²) in [5, 5.41) is 6.69. The fourth-order valence-electron chi connectivity index (χ4n) is 3.34. The zero-order valence-electron chi connectivity index (χ0n) is 20.4. The van der Waals surface area contributed by atoms with Gasteiger partial charge in [-0.05, 0) is 61.7 Å². The number of ketones is 1. The first-order valence-electron chi connectivity index (χ1n) is 11.4. The summed E-state index contributed by atoms with van der Waals surface area (Å²) in [5.41, 5.74) is 3.46. The Kier molecular flexibility index (Phi) is 8.78. The molecule has 35 heavy (non-hydrogen) atoms. The second-order valence-corrected chi connectivity index (χ2v) is 8.72. The second kappa shape index (κ2) is 12.0. The van der Waals surface area contributed by atoms with Gasteiger partial charge in [0.15, 0.2) is 12.4 Å². The van der Waals surface area contributed by atoms with Crippen LogP contribution in [0, 0.1) is 19.8 Å². The Morgan fingerprint density at radius 1 is 1.00 bits per heavy atom. The molecule has 1 aromatic heterocycles. The minimum Gasteiger partial charge on any atom is -0.489 e. The highest BCUT2D eigenvalue weighted by Crippen LogP contribution is 2.18. The van der Waals surface area contributed by atoms with Gasteiger partial charge in [-0.3, -0.25) is 14.4 Å². The van der Waals surface area contributed by atoms with Gasteiger partial charge in [0.05, 0.1) is 17.7 Å². The second-order valence-electron chi connectivity index (χ2n) is 8.72. The third-order valence-corrected chi connectivity index (χ3v) is 5.28. The van der Waals surface area contributed by atoms with E-state index in [1.807, 2.05) is 27.7 Å². The van der Waals surface area contributed by atoms with Crippen LogP contribution in [0.5, 0.6) is 5.75 Å². The lowest BCUT2D eigenvalue weighted by Crippen LogP contribution is -2.16. The molecule has 3 rings (SSSR count). The molecular weight excluding hydrogens is 448 g/mol. The van der Waals surface area contributed by atoms with Crippen LogP contribution in [0.2, 0.25) is 0 Å². The first kappa shape index (κ1) is 25.7. The number of anilines is 1. The number of carbonyl (C=O) groups excluding carboxylic acids is 3. The number of aromatic nitrogens is 1. The molecule has 1 heterocycles. The molecule has 3 aromatic rings. The Balaban J connectivity index is 1.43. The summed E-state index contributed by atoms with van der Waals surface area (Å²) >= 11 is 0. The predicted octanol–water partition coefficient (Wildman–Crippen LogP) is 4.82. The van der Waals surface area contributed by atoms with Crippen molar-refractivity contribution in [3.05, 3.63) is 76.7 Å². The summed E-state index contributed by atoms with van der Waals surface area (Å²) in [6, 6.07) is 13.6. The maximum atomic E-state index is 12.4. The third kappa shape index (κ3) is 7.81. The molecule has 0 atom stereocenters. The Morgan fingerprint density at radius 2 is 1.69 bits per heavy atom. The number of benzene rings is 2. The fourth-order valence-corrected chi connectivity index (χ4v) is 3.34. The zero-order valence-corrected chi connectivity index (χ0v) is 20.4. The summed E-state index contributed by atoms with van der Waals surface area (Å²) in [5.74, 6) is 0.743. The van der Waals surface area contributed by atoms with E-state index in [4.69, 9.17) is 14.0 Å². The van der Waals surface area contributed by atoms with Crippen molar-refractivity contribution in [3.63, 3.8) is 0 Å². The molecular formula is C27H30N2O6. The van der Waals surface area contributed by atoms with Crippen molar-refractivity contribution in [1.82, 2.24) is 5.16 Å². The molecule has 1 N–H and O–H groups in total. The monoisotopic (exact) mass is 478 g/mol.